The van der Waals surface area contributed by atoms with Gasteiger partial charge in [0.15, 0.2) is 23.1 Å². The molecular formula is C34H46O10. The molecule has 4 rings (SSSR count). The zero-order valence-electron chi connectivity index (χ0n) is 27.6. The third-order valence-corrected chi connectivity index (χ3v) is 10.3. The summed E-state index contributed by atoms with van der Waals surface area (Å²) in [4.78, 5) is 65.7. The second-order valence-electron chi connectivity index (χ2n) is 13.6. The quantitative estimate of drug-likeness (QED) is 0.137. The first kappa shape index (κ1) is 33.6. The number of ketones is 1. The zero-order chi connectivity index (χ0) is 33.1. The number of carbonyl (C=O) groups excluding carboxylic acids is 5. The molecule has 0 aromatic heterocycles. The zero-order valence-corrected chi connectivity index (χ0v) is 27.6. The van der Waals surface area contributed by atoms with E-state index >= 15 is 0 Å². The van der Waals surface area contributed by atoms with Crippen molar-refractivity contribution in [2.24, 2.45) is 29.1 Å². The van der Waals surface area contributed by atoms with Crippen molar-refractivity contribution in [1.29, 1.82) is 0 Å². The minimum absolute atomic E-state index is 0.258. The minimum Gasteiger partial charge on any atom is -0.461 e. The molecule has 1 saturated heterocycles. The van der Waals surface area contributed by atoms with Crippen LogP contribution < -0.4 is 0 Å². The summed E-state index contributed by atoms with van der Waals surface area (Å²) in [5, 5.41) is 0. The van der Waals surface area contributed by atoms with E-state index in [0.29, 0.717) is 16.7 Å². The van der Waals surface area contributed by atoms with Crippen molar-refractivity contribution in [3.63, 3.8) is 0 Å². The van der Waals surface area contributed by atoms with E-state index in [4.69, 9.17) is 23.7 Å². The lowest BCUT2D eigenvalue weighted by molar-refractivity contribution is -0.165. The van der Waals surface area contributed by atoms with E-state index in [9.17, 15) is 24.0 Å². The van der Waals surface area contributed by atoms with E-state index in [2.05, 4.69) is 0 Å². The summed E-state index contributed by atoms with van der Waals surface area (Å²) < 4.78 is 30.4. The van der Waals surface area contributed by atoms with E-state index < -0.39 is 82.7 Å². The van der Waals surface area contributed by atoms with Crippen LogP contribution in [0.4, 0.5) is 0 Å². The molecule has 1 aliphatic heterocycles. The highest BCUT2D eigenvalue weighted by molar-refractivity contribution is 5.96. The van der Waals surface area contributed by atoms with Crippen LogP contribution in [-0.4, -0.2) is 65.3 Å². The third-order valence-electron chi connectivity index (χ3n) is 10.3. The van der Waals surface area contributed by atoms with Crippen molar-refractivity contribution in [2.45, 2.75) is 118 Å². The molecule has 10 unspecified atom stereocenters. The van der Waals surface area contributed by atoms with Crippen LogP contribution >= 0.6 is 0 Å². The van der Waals surface area contributed by atoms with Crippen molar-refractivity contribution in [3.8, 4) is 0 Å². The average Bonchev–Trinajstić information content (AvgIpc) is 3.74. The molecule has 0 radical (unpaired) electrons. The van der Waals surface area contributed by atoms with Gasteiger partial charge in [-0.15, -0.1) is 0 Å². The fraction of sp³-hybridized carbons (Fsp3) is 0.676. The lowest BCUT2D eigenvalue weighted by Crippen LogP contribution is -2.43. The molecule has 0 bridgehead atoms. The van der Waals surface area contributed by atoms with Gasteiger partial charge < -0.3 is 23.7 Å². The number of esters is 4. The molecule has 0 spiro atoms. The molecule has 0 aromatic carbocycles. The van der Waals surface area contributed by atoms with Gasteiger partial charge in [0.1, 0.15) is 18.3 Å². The largest absolute Gasteiger partial charge is 0.461 e. The Morgan fingerprint density at radius 3 is 1.86 bits per heavy atom. The normalized spacial score (nSPS) is 39.3. The standard InChI is InChI=1S/C34H46O10/c1-12-16(3)30(38)42-25-18(5)14-34-29(43-31(39)17(4)13-2)19(6)15-33(34,44-34)28(37)20(7)26(40-21(8)35)23-24(32(23,10)11)27(25)41-22(9)36/h12-14,19-20,23-27,29H,15H2,1-11H3. The smallest absolute Gasteiger partial charge is 0.334 e. The van der Waals surface area contributed by atoms with Crippen molar-refractivity contribution >= 4 is 29.7 Å². The van der Waals surface area contributed by atoms with Gasteiger partial charge in [-0.3, -0.25) is 14.4 Å². The van der Waals surface area contributed by atoms with Gasteiger partial charge in [0.25, 0.3) is 0 Å². The van der Waals surface area contributed by atoms with Crippen molar-refractivity contribution < 1.29 is 47.7 Å². The summed E-state index contributed by atoms with van der Waals surface area (Å²) in [6.07, 6.45) is 1.52. The lowest BCUT2D eigenvalue weighted by atomic mass is 9.80. The lowest BCUT2D eigenvalue weighted by Gasteiger charge is -2.30. The summed E-state index contributed by atoms with van der Waals surface area (Å²) in [5.41, 5.74) is -2.02. The van der Waals surface area contributed by atoms with Crippen LogP contribution in [0.1, 0.15) is 82.6 Å². The number of ether oxygens (including phenoxy) is 5. The molecule has 10 atom stereocenters. The number of hydrogen-bond donors (Lipinski definition) is 0. The summed E-state index contributed by atoms with van der Waals surface area (Å²) in [6, 6.07) is 0. The SMILES string of the molecule is CC=C(C)C(=O)OC1C(C)=CC23OC2(CC(C)C3OC(=O)C(C)=CC)C(=O)C(C)C(OC(C)=O)C2C(C1OC(C)=O)C2(C)C. The van der Waals surface area contributed by atoms with Crippen LogP contribution in [0.3, 0.4) is 0 Å². The highest BCUT2D eigenvalue weighted by atomic mass is 16.7. The number of rotatable bonds is 6. The van der Waals surface area contributed by atoms with E-state index in [0.717, 1.165) is 0 Å². The van der Waals surface area contributed by atoms with E-state index in [1.807, 2.05) is 20.8 Å². The van der Waals surface area contributed by atoms with Crippen LogP contribution in [-0.2, 0) is 47.7 Å². The Balaban J connectivity index is 1.95. The van der Waals surface area contributed by atoms with Crippen molar-refractivity contribution in [2.75, 3.05) is 0 Å². The monoisotopic (exact) mass is 614 g/mol. The van der Waals surface area contributed by atoms with Gasteiger partial charge in [-0.05, 0) is 64.0 Å². The summed E-state index contributed by atoms with van der Waals surface area (Å²) in [5.74, 6) is -4.41. The Kier molecular flexibility index (Phi) is 8.85. The van der Waals surface area contributed by atoms with E-state index in [-0.39, 0.29) is 18.1 Å². The topological polar surface area (TPSA) is 135 Å². The van der Waals surface area contributed by atoms with Gasteiger partial charge in [0.2, 0.25) is 0 Å². The molecule has 10 nitrogen and oxygen atoms in total. The Morgan fingerprint density at radius 2 is 1.34 bits per heavy atom. The first-order valence-electron chi connectivity index (χ1n) is 15.4. The molecule has 0 amide bonds. The van der Waals surface area contributed by atoms with Gasteiger partial charge in [0.05, 0.1) is 5.92 Å². The van der Waals surface area contributed by atoms with Gasteiger partial charge in [-0.1, -0.05) is 39.8 Å². The van der Waals surface area contributed by atoms with Gasteiger partial charge in [-0.2, -0.15) is 0 Å². The number of hydrogen-bond acceptors (Lipinski definition) is 10. The van der Waals surface area contributed by atoms with Crippen LogP contribution in [0.15, 0.2) is 34.9 Å². The molecule has 0 N–H and O–H groups in total. The van der Waals surface area contributed by atoms with Crippen molar-refractivity contribution in [3.05, 3.63) is 34.9 Å². The highest BCUT2D eigenvalue weighted by Gasteiger charge is 2.84. The van der Waals surface area contributed by atoms with E-state index in [1.165, 1.54) is 13.8 Å². The number of epoxide rings is 1. The number of allylic oxidation sites excluding steroid dienone is 2. The van der Waals surface area contributed by atoms with Crippen LogP contribution in [0, 0.1) is 29.1 Å². The molecule has 10 heteroatoms. The molecule has 3 fully saturated rings. The molecule has 44 heavy (non-hydrogen) atoms. The molecule has 242 valence electrons. The van der Waals surface area contributed by atoms with Crippen LogP contribution in [0.25, 0.3) is 0 Å². The molecule has 2 saturated carbocycles. The Hall–Kier alpha value is -3.27. The predicted octanol–water partition coefficient (Wildman–Crippen LogP) is 4.59. The van der Waals surface area contributed by atoms with E-state index in [1.54, 1.807) is 59.8 Å². The minimum atomic E-state index is -1.36. The average molecular weight is 615 g/mol. The highest BCUT2D eigenvalue weighted by Crippen LogP contribution is 2.69. The fourth-order valence-electron chi connectivity index (χ4n) is 7.69. The summed E-state index contributed by atoms with van der Waals surface area (Å²) in [6.45, 7) is 18.6. The Labute approximate surface area is 259 Å². The number of Topliss-reactive ketones (excluding diaryl/α,β-unsaturated/α-hetero) is 1. The number of carbonyl (C=O) groups is 5. The first-order chi connectivity index (χ1) is 20.4. The maximum atomic E-state index is 14.5. The molecule has 0 aromatic rings. The molecule has 3 aliphatic carbocycles. The maximum absolute atomic E-state index is 14.5. The summed E-state index contributed by atoms with van der Waals surface area (Å²) >= 11 is 0. The molecular weight excluding hydrogens is 568 g/mol. The van der Waals surface area contributed by atoms with Crippen LogP contribution in [0.5, 0.6) is 0 Å². The van der Waals surface area contributed by atoms with Gasteiger partial charge in [-0.25, -0.2) is 9.59 Å². The van der Waals surface area contributed by atoms with Crippen molar-refractivity contribution in [1.82, 2.24) is 0 Å². The Morgan fingerprint density at radius 1 is 0.841 bits per heavy atom. The van der Waals surface area contributed by atoms with Gasteiger partial charge in [0, 0.05) is 36.8 Å². The first-order valence-corrected chi connectivity index (χ1v) is 15.4. The maximum Gasteiger partial charge on any atom is 0.334 e. The van der Waals surface area contributed by atoms with Gasteiger partial charge >= 0.3 is 23.9 Å². The Bertz CT molecular complexity index is 1350. The van der Waals surface area contributed by atoms with Crippen LogP contribution in [0.2, 0.25) is 0 Å². The summed E-state index contributed by atoms with van der Waals surface area (Å²) in [7, 11) is 0. The predicted molar refractivity (Wildman–Crippen MR) is 159 cm³/mol. The number of fused-ring (bicyclic) bond motifs is 1. The third kappa shape index (κ3) is 5.33. The fourth-order valence-corrected chi connectivity index (χ4v) is 7.69. The molecule has 1 heterocycles. The second kappa shape index (κ2) is 11.6. The molecule has 4 aliphatic rings. The second-order valence-corrected chi connectivity index (χ2v) is 13.6.